The van der Waals surface area contributed by atoms with Gasteiger partial charge < -0.3 is 20.1 Å². The predicted molar refractivity (Wildman–Crippen MR) is 128 cm³/mol. The first kappa shape index (κ1) is 23.0. The smallest absolute Gasteiger partial charge is 0.337 e. The van der Waals surface area contributed by atoms with Gasteiger partial charge in [-0.3, -0.25) is 9.48 Å². The quantitative estimate of drug-likeness (QED) is 0.521. The Morgan fingerprint density at radius 2 is 1.86 bits per heavy atom. The fraction of sp³-hybridized carbons (Fsp3) is 0.400. The van der Waals surface area contributed by atoms with E-state index in [2.05, 4.69) is 20.4 Å². The molecule has 2 aromatic heterocycles. The summed E-state index contributed by atoms with van der Waals surface area (Å²) in [6, 6.07) is 7.28. The third-order valence-corrected chi connectivity index (χ3v) is 6.66. The first-order valence-corrected chi connectivity index (χ1v) is 11.7. The molecule has 2 fully saturated rings. The molecule has 1 aliphatic heterocycles. The molecule has 2 aliphatic rings. The Hall–Kier alpha value is -3.79. The number of aryl methyl sites for hydroxylation is 1. The van der Waals surface area contributed by atoms with E-state index < -0.39 is 5.60 Å². The van der Waals surface area contributed by atoms with Gasteiger partial charge in [0.25, 0.3) is 5.91 Å². The Labute approximate surface area is 203 Å². The van der Waals surface area contributed by atoms with Crippen molar-refractivity contribution in [1.29, 1.82) is 0 Å². The van der Waals surface area contributed by atoms with Crippen molar-refractivity contribution < 1.29 is 19.4 Å². The molecule has 2 N–H and O–H groups in total. The second kappa shape index (κ2) is 9.10. The number of rotatable bonds is 6. The topological polar surface area (TPSA) is 122 Å². The highest BCUT2D eigenvalue weighted by Crippen LogP contribution is 2.38. The van der Waals surface area contributed by atoms with Crippen molar-refractivity contribution in [2.45, 2.75) is 44.2 Å². The zero-order valence-corrected chi connectivity index (χ0v) is 19.8. The van der Waals surface area contributed by atoms with E-state index in [1.54, 1.807) is 29.4 Å². The molecule has 1 aliphatic carbocycles. The summed E-state index contributed by atoms with van der Waals surface area (Å²) in [7, 11) is 1.36. The van der Waals surface area contributed by atoms with E-state index in [0.29, 0.717) is 37.4 Å². The summed E-state index contributed by atoms with van der Waals surface area (Å²) in [5.74, 6) is -0.0702. The molecule has 0 atom stereocenters. The SMILES string of the molecule is COC(=O)c1ccc(-c2nc(Nc3cnn(C4CCN(C(=O)C5(O)CC5)CC4)c3)ncc2C)cc1. The molecular weight excluding hydrogens is 448 g/mol. The number of nitrogens with one attached hydrogen (secondary N) is 1. The van der Waals surface area contributed by atoms with E-state index in [1.165, 1.54) is 7.11 Å². The van der Waals surface area contributed by atoms with Crippen molar-refractivity contribution in [2.24, 2.45) is 0 Å². The zero-order valence-electron chi connectivity index (χ0n) is 19.8. The molecule has 0 spiro atoms. The summed E-state index contributed by atoms with van der Waals surface area (Å²) in [6.07, 6.45) is 8.13. The van der Waals surface area contributed by atoms with Crippen LogP contribution in [0.2, 0.25) is 0 Å². The number of nitrogens with zero attached hydrogens (tertiary/aromatic N) is 5. The summed E-state index contributed by atoms with van der Waals surface area (Å²) < 4.78 is 6.67. The molecule has 0 unspecified atom stereocenters. The van der Waals surface area contributed by atoms with Gasteiger partial charge in [-0.1, -0.05) is 12.1 Å². The summed E-state index contributed by atoms with van der Waals surface area (Å²) in [5.41, 5.74) is 2.69. The summed E-state index contributed by atoms with van der Waals surface area (Å²) in [5, 5.41) is 17.8. The van der Waals surface area contributed by atoms with E-state index in [4.69, 9.17) is 4.74 Å². The van der Waals surface area contributed by atoms with Gasteiger partial charge in [-0.2, -0.15) is 5.10 Å². The average molecular weight is 477 g/mol. The number of esters is 1. The molecule has 0 bridgehead atoms. The number of ether oxygens (including phenoxy) is 1. The molecule has 1 saturated heterocycles. The Morgan fingerprint density at radius 1 is 1.14 bits per heavy atom. The van der Waals surface area contributed by atoms with Crippen molar-refractivity contribution in [3.63, 3.8) is 0 Å². The van der Waals surface area contributed by atoms with Crippen LogP contribution in [0.25, 0.3) is 11.3 Å². The van der Waals surface area contributed by atoms with Crippen molar-refractivity contribution in [1.82, 2.24) is 24.6 Å². The Morgan fingerprint density at radius 3 is 2.51 bits per heavy atom. The maximum absolute atomic E-state index is 12.4. The molecule has 10 nitrogen and oxygen atoms in total. The summed E-state index contributed by atoms with van der Waals surface area (Å²) >= 11 is 0. The first-order chi connectivity index (χ1) is 16.9. The van der Waals surface area contributed by atoms with E-state index >= 15 is 0 Å². The summed E-state index contributed by atoms with van der Waals surface area (Å²) in [4.78, 5) is 34.9. The Kier molecular flexibility index (Phi) is 5.98. The lowest BCUT2D eigenvalue weighted by molar-refractivity contribution is -0.143. The first-order valence-electron chi connectivity index (χ1n) is 11.7. The van der Waals surface area contributed by atoms with Crippen LogP contribution in [-0.2, 0) is 9.53 Å². The third-order valence-electron chi connectivity index (χ3n) is 6.66. The van der Waals surface area contributed by atoms with E-state index in [0.717, 1.165) is 35.3 Å². The normalized spacial score (nSPS) is 17.2. The molecule has 10 heteroatoms. The zero-order chi connectivity index (χ0) is 24.6. The number of anilines is 2. The van der Waals surface area contributed by atoms with Crippen LogP contribution in [-0.4, -0.2) is 67.4 Å². The minimum atomic E-state index is -1.11. The van der Waals surface area contributed by atoms with Crippen molar-refractivity contribution in [3.8, 4) is 11.3 Å². The average Bonchev–Trinajstić information content (AvgIpc) is 3.47. The number of aromatic nitrogens is 4. The van der Waals surface area contributed by atoms with Gasteiger partial charge >= 0.3 is 5.97 Å². The van der Waals surface area contributed by atoms with Crippen LogP contribution in [0, 0.1) is 6.92 Å². The summed E-state index contributed by atoms with van der Waals surface area (Å²) in [6.45, 7) is 3.17. The van der Waals surface area contributed by atoms with Crippen molar-refractivity contribution >= 4 is 23.5 Å². The minimum absolute atomic E-state index is 0.133. The molecule has 182 valence electrons. The Balaban J connectivity index is 1.24. The number of piperidine rings is 1. The highest BCUT2D eigenvalue weighted by atomic mass is 16.5. The number of benzene rings is 1. The number of likely N-dealkylation sites (tertiary alicyclic amines) is 1. The molecule has 1 saturated carbocycles. The number of aliphatic hydroxyl groups is 1. The van der Waals surface area contributed by atoms with Crippen molar-refractivity contribution in [3.05, 3.63) is 54.0 Å². The van der Waals surface area contributed by atoms with Gasteiger partial charge in [-0.05, 0) is 50.3 Å². The molecule has 1 aromatic carbocycles. The second-order valence-electron chi connectivity index (χ2n) is 9.18. The van der Waals surface area contributed by atoms with Crippen LogP contribution >= 0.6 is 0 Å². The molecule has 0 radical (unpaired) electrons. The molecule has 35 heavy (non-hydrogen) atoms. The number of hydrogen-bond acceptors (Lipinski definition) is 8. The van der Waals surface area contributed by atoms with Crippen LogP contribution < -0.4 is 5.32 Å². The molecule has 3 heterocycles. The predicted octanol–water partition coefficient (Wildman–Crippen LogP) is 2.87. The number of amides is 1. The van der Waals surface area contributed by atoms with E-state index in [-0.39, 0.29) is 17.9 Å². The number of hydrogen-bond donors (Lipinski definition) is 2. The maximum Gasteiger partial charge on any atom is 0.337 e. The van der Waals surface area contributed by atoms with Crippen LogP contribution in [0.1, 0.15) is 47.6 Å². The van der Waals surface area contributed by atoms with Gasteiger partial charge in [0.2, 0.25) is 5.95 Å². The van der Waals surface area contributed by atoms with E-state index in [9.17, 15) is 14.7 Å². The number of methoxy groups -OCH3 is 1. The van der Waals surface area contributed by atoms with Gasteiger partial charge in [0.05, 0.1) is 36.3 Å². The fourth-order valence-corrected chi connectivity index (χ4v) is 4.37. The maximum atomic E-state index is 12.4. The number of carbonyl (C=O) groups is 2. The van der Waals surface area contributed by atoms with Crippen molar-refractivity contribution in [2.75, 3.05) is 25.5 Å². The lowest BCUT2D eigenvalue weighted by Crippen LogP contribution is -2.45. The van der Waals surface area contributed by atoms with E-state index in [1.807, 2.05) is 29.9 Å². The van der Waals surface area contributed by atoms with Crippen LogP contribution in [0.3, 0.4) is 0 Å². The minimum Gasteiger partial charge on any atom is -0.465 e. The molecule has 5 rings (SSSR count). The molecular formula is C25H28N6O4. The van der Waals surface area contributed by atoms with Gasteiger partial charge in [-0.25, -0.2) is 14.8 Å². The Bertz CT molecular complexity index is 1240. The van der Waals surface area contributed by atoms with Crippen LogP contribution in [0.5, 0.6) is 0 Å². The highest BCUT2D eigenvalue weighted by Gasteiger charge is 2.50. The fourth-order valence-electron chi connectivity index (χ4n) is 4.37. The third kappa shape index (κ3) is 4.74. The van der Waals surface area contributed by atoms with Crippen LogP contribution in [0.4, 0.5) is 11.6 Å². The van der Waals surface area contributed by atoms with Gasteiger partial charge in [0.15, 0.2) is 0 Å². The lowest BCUT2D eigenvalue weighted by atomic mass is 10.0. The molecule has 3 aromatic rings. The lowest BCUT2D eigenvalue weighted by Gasteiger charge is -2.33. The number of carbonyl (C=O) groups excluding carboxylic acids is 2. The second-order valence-corrected chi connectivity index (χ2v) is 9.18. The largest absolute Gasteiger partial charge is 0.465 e. The van der Waals surface area contributed by atoms with Gasteiger partial charge in [0, 0.05) is 31.0 Å². The van der Waals surface area contributed by atoms with Crippen LogP contribution in [0.15, 0.2) is 42.9 Å². The highest BCUT2D eigenvalue weighted by molar-refractivity contribution is 5.90. The standard InChI is InChI=1S/C25H28N6O4/c1-16-13-26-24(29-21(16)17-3-5-18(6-4-17)22(32)35-2)28-19-14-27-31(15-19)20-7-11-30(12-8-20)23(33)25(34)9-10-25/h3-6,13-15,20,34H,7-12H2,1-2H3,(H,26,28,29). The van der Waals surface area contributed by atoms with Gasteiger partial charge in [0.1, 0.15) is 5.60 Å². The monoisotopic (exact) mass is 476 g/mol. The molecule has 1 amide bonds. The van der Waals surface area contributed by atoms with Gasteiger partial charge in [-0.15, -0.1) is 0 Å².